The van der Waals surface area contributed by atoms with Crippen LogP contribution >= 0.6 is 56.7 Å². The fraction of sp³-hybridized carbons (Fsp3) is 0.200. The second-order valence-corrected chi connectivity index (χ2v) is 15.3. The highest BCUT2D eigenvalue weighted by molar-refractivity contribution is 8.13. The van der Waals surface area contributed by atoms with Crippen LogP contribution < -0.4 is 10.6 Å². The Bertz CT molecular complexity index is 722. The van der Waals surface area contributed by atoms with Crippen LogP contribution in [0.2, 0.25) is 0 Å². The van der Waals surface area contributed by atoms with Gasteiger partial charge in [-0.3, -0.25) is 9.13 Å². The van der Waals surface area contributed by atoms with Crippen molar-refractivity contribution in [3.63, 3.8) is 0 Å². The van der Waals surface area contributed by atoms with Crippen molar-refractivity contribution >= 4 is 67.3 Å². The molecule has 23 heavy (non-hydrogen) atoms. The van der Waals surface area contributed by atoms with Gasteiger partial charge in [-0.15, -0.1) is 0 Å². The Kier molecular flexibility index (Phi) is 5.69. The van der Waals surface area contributed by atoms with E-state index in [-0.39, 0.29) is 5.41 Å². The molecule has 0 spiro atoms. The van der Waals surface area contributed by atoms with Gasteiger partial charge in [0.25, 0.3) is 11.7 Å². The predicted octanol–water partition coefficient (Wildman–Crippen LogP) is 6.60. The molecule has 0 aromatic heterocycles. The lowest BCUT2D eigenvalue weighted by Crippen LogP contribution is -2.20. The average Bonchev–Trinajstić information content (AvgIpc) is 2.46. The Labute approximate surface area is 155 Å². The fourth-order valence-electron chi connectivity index (χ4n) is 2.27. The van der Waals surface area contributed by atoms with E-state index in [2.05, 4.69) is 0 Å². The molecule has 0 heterocycles. The molecule has 0 bridgehead atoms. The normalized spacial score (nSPS) is 13.1. The molecule has 0 saturated carbocycles. The van der Waals surface area contributed by atoms with E-state index >= 15 is 0 Å². The average molecular weight is 430 g/mol. The van der Waals surface area contributed by atoms with Crippen LogP contribution in [0.25, 0.3) is 0 Å². The van der Waals surface area contributed by atoms with Crippen molar-refractivity contribution in [3.05, 3.63) is 59.7 Å². The zero-order chi connectivity index (χ0) is 17.5. The molecule has 8 heteroatoms. The largest absolute Gasteiger partial charge is 0.284 e. The molecule has 0 saturated heterocycles. The van der Waals surface area contributed by atoms with E-state index in [0.29, 0.717) is 10.6 Å². The molecule has 2 aromatic carbocycles. The smallest absolute Gasteiger partial charge is 0.281 e. The van der Waals surface area contributed by atoms with Crippen molar-refractivity contribution in [2.45, 2.75) is 19.3 Å². The van der Waals surface area contributed by atoms with Gasteiger partial charge in [-0.1, -0.05) is 38.1 Å². The van der Waals surface area contributed by atoms with Gasteiger partial charge in [0.05, 0.1) is 0 Å². The summed E-state index contributed by atoms with van der Waals surface area (Å²) in [6.07, 6.45) is 0. The van der Waals surface area contributed by atoms with Crippen LogP contribution in [0, 0.1) is 0 Å². The Hall–Kier alpha value is 0.0600. The Balaban J connectivity index is 2.38. The molecule has 0 N–H and O–H groups in total. The van der Waals surface area contributed by atoms with Gasteiger partial charge in [0, 0.05) is 16.0 Å². The molecule has 0 radical (unpaired) electrons. The van der Waals surface area contributed by atoms with Crippen LogP contribution in [0.5, 0.6) is 0 Å². The molecule has 2 aromatic rings. The minimum Gasteiger partial charge on any atom is -0.284 e. The van der Waals surface area contributed by atoms with Crippen LogP contribution in [0.4, 0.5) is 0 Å². The van der Waals surface area contributed by atoms with Crippen molar-refractivity contribution in [2.24, 2.45) is 0 Å². The first kappa shape index (κ1) is 19.4. The van der Waals surface area contributed by atoms with Gasteiger partial charge in [0.15, 0.2) is 0 Å². The van der Waals surface area contributed by atoms with E-state index in [1.165, 1.54) is 0 Å². The molecule has 0 aliphatic carbocycles. The summed E-state index contributed by atoms with van der Waals surface area (Å²) >= 11 is 22.7. The van der Waals surface area contributed by atoms with Crippen LogP contribution in [0.3, 0.4) is 0 Å². The van der Waals surface area contributed by atoms with E-state index in [0.717, 1.165) is 11.1 Å². The molecule has 124 valence electrons. The molecule has 0 aliphatic rings. The number of hydrogen-bond acceptors (Lipinski definition) is 2. The van der Waals surface area contributed by atoms with Crippen molar-refractivity contribution in [1.82, 2.24) is 0 Å². The van der Waals surface area contributed by atoms with Gasteiger partial charge in [0.2, 0.25) is 0 Å². The van der Waals surface area contributed by atoms with Gasteiger partial charge in [-0.05, 0) is 80.4 Å². The first-order valence-electron chi connectivity index (χ1n) is 6.63. The van der Waals surface area contributed by atoms with Gasteiger partial charge in [0.1, 0.15) is 0 Å². The maximum atomic E-state index is 11.7. The maximum absolute atomic E-state index is 11.7. The second-order valence-electron chi connectivity index (χ2n) is 5.64. The summed E-state index contributed by atoms with van der Waals surface area (Å²) in [5, 5.41) is 0.807. The molecule has 0 unspecified atom stereocenters. The quantitative estimate of drug-likeness (QED) is 0.512. The van der Waals surface area contributed by atoms with Crippen LogP contribution in [-0.4, -0.2) is 0 Å². The molecule has 0 fully saturated rings. The summed E-state index contributed by atoms with van der Waals surface area (Å²) in [6.45, 7) is 4.08. The number of hydrogen-bond donors (Lipinski definition) is 0. The lowest BCUT2D eigenvalue weighted by atomic mass is 9.78. The summed E-state index contributed by atoms with van der Waals surface area (Å²) in [5.41, 5.74) is 1.66. The third-order valence-electron chi connectivity index (χ3n) is 3.78. The molecule has 2 nitrogen and oxygen atoms in total. The number of benzene rings is 2. The van der Waals surface area contributed by atoms with Crippen molar-refractivity contribution < 1.29 is 9.13 Å². The molecule has 2 rings (SSSR count). The highest BCUT2D eigenvalue weighted by Gasteiger charge is 2.26. The predicted molar refractivity (Wildman–Crippen MR) is 103 cm³/mol. The monoisotopic (exact) mass is 428 g/mol. The lowest BCUT2D eigenvalue weighted by molar-refractivity contribution is 0.596. The Morgan fingerprint density at radius 1 is 0.652 bits per heavy atom. The van der Waals surface area contributed by atoms with Gasteiger partial charge >= 0.3 is 0 Å². The van der Waals surface area contributed by atoms with E-state index < -0.39 is 11.7 Å². The van der Waals surface area contributed by atoms with Crippen LogP contribution in [-0.2, 0) is 14.5 Å². The van der Waals surface area contributed by atoms with Crippen LogP contribution in [0.1, 0.15) is 25.0 Å². The minimum absolute atomic E-state index is 0.331. The Morgan fingerprint density at radius 2 is 0.913 bits per heavy atom. The fourth-order valence-corrected chi connectivity index (χ4v) is 4.61. The zero-order valence-electron chi connectivity index (χ0n) is 12.3. The summed E-state index contributed by atoms with van der Waals surface area (Å²) in [4.78, 5) is 0. The zero-order valence-corrected chi connectivity index (χ0v) is 17.2. The van der Waals surface area contributed by atoms with Crippen molar-refractivity contribution in [1.29, 1.82) is 0 Å². The topological polar surface area (TPSA) is 34.1 Å². The van der Waals surface area contributed by atoms with Crippen molar-refractivity contribution in [3.8, 4) is 0 Å². The van der Waals surface area contributed by atoms with Gasteiger partial charge in [-0.2, -0.15) is 0 Å². The lowest BCUT2D eigenvalue weighted by Gasteiger charge is -2.26. The minimum atomic E-state index is -3.30. The molecule has 0 atom stereocenters. The maximum Gasteiger partial charge on any atom is 0.281 e. The summed E-state index contributed by atoms with van der Waals surface area (Å²) in [5.74, 6) is -6.61. The molecule has 0 amide bonds. The summed E-state index contributed by atoms with van der Waals surface area (Å²) in [7, 11) is 0. The SMILES string of the molecule is CC(C)(c1ccc(P(=O)(Cl)Cl)cc1)c1ccc(P(=O)(Cl)Cl)cc1. The third-order valence-corrected chi connectivity index (χ3v) is 7.92. The molecule has 0 aliphatic heterocycles. The van der Waals surface area contributed by atoms with E-state index in [4.69, 9.17) is 45.0 Å². The number of rotatable bonds is 4. The number of halogens is 4. The van der Waals surface area contributed by atoms with Crippen LogP contribution in [0.15, 0.2) is 48.5 Å². The second kappa shape index (κ2) is 6.75. The van der Waals surface area contributed by atoms with E-state index in [1.54, 1.807) is 24.3 Å². The highest BCUT2D eigenvalue weighted by Crippen LogP contribution is 2.56. The van der Waals surface area contributed by atoms with Gasteiger partial charge in [-0.25, -0.2) is 0 Å². The summed E-state index contributed by atoms with van der Waals surface area (Å²) in [6, 6.07) is 14.0. The first-order valence-corrected chi connectivity index (χ1v) is 13.7. The van der Waals surface area contributed by atoms with E-state index in [1.807, 2.05) is 38.1 Å². The first-order chi connectivity index (χ1) is 10.4. The molecular formula is C15H14Cl4O2P2. The molecular weight excluding hydrogens is 416 g/mol. The highest BCUT2D eigenvalue weighted by atomic mass is 35.9. The Morgan fingerprint density at radius 3 is 1.13 bits per heavy atom. The van der Waals surface area contributed by atoms with Gasteiger partial charge < -0.3 is 0 Å². The third kappa shape index (κ3) is 4.57. The standard InChI is InChI=1S/C15H14Cl4O2P2/c1-15(2,11-3-7-13(8-4-11)22(16,17)20)12-5-9-14(10-6-12)23(18,19)21/h3-10H,1-2H3. The summed E-state index contributed by atoms with van der Waals surface area (Å²) < 4.78 is 23.3. The van der Waals surface area contributed by atoms with E-state index in [9.17, 15) is 9.13 Å². The van der Waals surface area contributed by atoms with Crippen molar-refractivity contribution in [2.75, 3.05) is 0 Å².